The minimum atomic E-state index is -3.36. The van der Waals surface area contributed by atoms with E-state index in [1.165, 1.54) is 12.9 Å². The highest BCUT2D eigenvalue weighted by Gasteiger charge is 2.56. The zero-order valence-electron chi connectivity index (χ0n) is 7.20. The summed E-state index contributed by atoms with van der Waals surface area (Å²) >= 11 is 0. The molecule has 0 aromatic heterocycles. The fourth-order valence-electron chi connectivity index (χ4n) is 2.08. The third-order valence-electron chi connectivity index (χ3n) is 2.88. The molecular weight excluding hydrogens is 230 g/mol. The summed E-state index contributed by atoms with van der Waals surface area (Å²) in [6.45, 7) is 0.185. The molecular formula is C5H9N3O4S2. The first-order chi connectivity index (χ1) is 6.42. The van der Waals surface area contributed by atoms with Gasteiger partial charge in [0.15, 0.2) is 0 Å². The van der Waals surface area contributed by atoms with Gasteiger partial charge in [-0.15, -0.1) is 0 Å². The van der Waals surface area contributed by atoms with Gasteiger partial charge < -0.3 is 0 Å². The first-order valence-corrected chi connectivity index (χ1v) is 7.06. The third-order valence-corrected chi connectivity index (χ3v) is 6.80. The lowest BCUT2D eigenvalue weighted by atomic mass is 10.4. The highest BCUT2D eigenvalue weighted by Crippen LogP contribution is 2.33. The minimum Gasteiger partial charge on any atom is -0.212 e. The molecule has 0 aromatic rings. The van der Waals surface area contributed by atoms with E-state index in [0.717, 1.165) is 0 Å². The summed E-state index contributed by atoms with van der Waals surface area (Å²) in [6, 6.07) is 0. The summed E-state index contributed by atoms with van der Waals surface area (Å²) in [7, 11) is -6.59. The highest BCUT2D eigenvalue weighted by atomic mass is 32.2. The predicted octanol–water partition coefficient (Wildman–Crippen LogP) is -2.21. The van der Waals surface area contributed by atoms with Gasteiger partial charge in [-0.1, -0.05) is 0 Å². The van der Waals surface area contributed by atoms with E-state index in [1.807, 2.05) is 0 Å². The van der Waals surface area contributed by atoms with Crippen LogP contribution in [0.4, 0.5) is 0 Å². The van der Waals surface area contributed by atoms with Gasteiger partial charge in [-0.05, 0) is 0 Å². The van der Waals surface area contributed by atoms with Crippen molar-refractivity contribution in [1.29, 1.82) is 0 Å². The molecule has 2 atom stereocenters. The Hall–Kier alpha value is -0.220. The van der Waals surface area contributed by atoms with Gasteiger partial charge in [0.2, 0.25) is 10.0 Å². The van der Waals surface area contributed by atoms with Crippen LogP contribution in [-0.2, 0) is 20.2 Å². The Morgan fingerprint density at radius 3 is 1.79 bits per heavy atom. The monoisotopic (exact) mass is 239 g/mol. The van der Waals surface area contributed by atoms with E-state index in [1.54, 1.807) is 0 Å². The zero-order valence-corrected chi connectivity index (χ0v) is 8.83. The maximum Gasteiger partial charge on any atom is 0.284 e. The molecule has 0 aliphatic carbocycles. The van der Waals surface area contributed by atoms with Crippen LogP contribution in [-0.4, -0.2) is 61.4 Å². The Bertz CT molecular complexity index is 397. The van der Waals surface area contributed by atoms with Gasteiger partial charge in [0.1, 0.15) is 5.25 Å². The van der Waals surface area contributed by atoms with Crippen LogP contribution in [0.2, 0.25) is 0 Å². The van der Waals surface area contributed by atoms with Crippen LogP contribution in [0.15, 0.2) is 0 Å². The van der Waals surface area contributed by atoms with Crippen molar-refractivity contribution < 1.29 is 16.8 Å². The number of nitrogens with zero attached hydrogens (tertiary/aromatic N) is 3. The Kier molecular flexibility index (Phi) is 1.48. The summed E-state index contributed by atoms with van der Waals surface area (Å²) in [5, 5.41) is -0.575. The standard InChI is InChI=1S/C5H9N3O4S2/c9-13(10)5-1-6-3-8(13)4-7(2-5)14(6,11)12/h5H,1-4H2. The topological polar surface area (TPSA) is 78.0 Å². The highest BCUT2D eigenvalue weighted by molar-refractivity contribution is 7.91. The summed E-state index contributed by atoms with van der Waals surface area (Å²) in [5.74, 6) is 0. The first-order valence-electron chi connectivity index (χ1n) is 4.16. The van der Waals surface area contributed by atoms with E-state index in [2.05, 4.69) is 0 Å². The molecule has 14 heavy (non-hydrogen) atoms. The second kappa shape index (κ2) is 2.30. The summed E-state index contributed by atoms with van der Waals surface area (Å²) in [5.41, 5.74) is 0. The number of hydrogen-bond acceptors (Lipinski definition) is 4. The van der Waals surface area contributed by atoms with Crippen LogP contribution in [0.5, 0.6) is 0 Å². The van der Waals surface area contributed by atoms with Crippen molar-refractivity contribution in [3.8, 4) is 0 Å². The fourth-order valence-corrected chi connectivity index (χ4v) is 5.81. The molecule has 9 heteroatoms. The molecule has 4 aliphatic heterocycles. The Morgan fingerprint density at radius 2 is 1.36 bits per heavy atom. The van der Waals surface area contributed by atoms with Crippen molar-refractivity contribution in [1.82, 2.24) is 12.9 Å². The fraction of sp³-hybridized carbons (Fsp3) is 1.00. The van der Waals surface area contributed by atoms with Crippen molar-refractivity contribution >= 4 is 20.2 Å². The lowest BCUT2D eigenvalue weighted by Crippen LogP contribution is -2.73. The van der Waals surface area contributed by atoms with Gasteiger partial charge in [0, 0.05) is 13.1 Å². The quantitative estimate of drug-likeness (QED) is 0.480. The maximum absolute atomic E-state index is 11.6. The van der Waals surface area contributed by atoms with E-state index in [-0.39, 0.29) is 26.4 Å². The van der Waals surface area contributed by atoms with E-state index in [9.17, 15) is 16.8 Å². The van der Waals surface area contributed by atoms with Crippen LogP contribution in [0, 0.1) is 0 Å². The summed E-state index contributed by atoms with van der Waals surface area (Å²) in [6.07, 6.45) is 0. The van der Waals surface area contributed by atoms with Crippen LogP contribution in [0.3, 0.4) is 0 Å². The van der Waals surface area contributed by atoms with Crippen molar-refractivity contribution in [2.45, 2.75) is 5.25 Å². The third kappa shape index (κ3) is 0.865. The first kappa shape index (κ1) is 9.04. The molecule has 0 aromatic carbocycles. The molecule has 0 N–H and O–H groups in total. The van der Waals surface area contributed by atoms with Crippen molar-refractivity contribution in [2.75, 3.05) is 26.4 Å². The van der Waals surface area contributed by atoms with E-state index < -0.39 is 25.5 Å². The largest absolute Gasteiger partial charge is 0.284 e. The maximum atomic E-state index is 11.6. The Balaban J connectivity index is 2.14. The van der Waals surface area contributed by atoms with Gasteiger partial charge in [-0.3, -0.25) is 0 Å². The van der Waals surface area contributed by atoms with Gasteiger partial charge in [0.05, 0.1) is 13.3 Å². The molecule has 4 bridgehead atoms. The molecule has 0 saturated carbocycles. The Labute approximate surface area is 82.1 Å². The lowest BCUT2D eigenvalue weighted by molar-refractivity contribution is 0.115. The molecule has 0 amide bonds. The second-order valence-electron chi connectivity index (χ2n) is 3.68. The predicted molar refractivity (Wildman–Crippen MR) is 46.6 cm³/mol. The zero-order chi connectivity index (χ0) is 10.1. The second-order valence-corrected chi connectivity index (χ2v) is 7.82. The van der Waals surface area contributed by atoms with E-state index in [0.29, 0.717) is 0 Å². The van der Waals surface area contributed by atoms with Gasteiger partial charge in [-0.25, -0.2) is 8.42 Å². The molecule has 4 saturated heterocycles. The summed E-state index contributed by atoms with van der Waals surface area (Å²) in [4.78, 5) is 0. The van der Waals surface area contributed by atoms with Crippen LogP contribution < -0.4 is 0 Å². The average molecular weight is 239 g/mol. The molecule has 4 rings (SSSR count). The van der Waals surface area contributed by atoms with Gasteiger partial charge in [-0.2, -0.15) is 21.3 Å². The molecule has 4 aliphatic rings. The lowest BCUT2D eigenvalue weighted by Gasteiger charge is -2.52. The minimum absolute atomic E-state index is 0.0162. The van der Waals surface area contributed by atoms with Crippen LogP contribution in [0.1, 0.15) is 0 Å². The van der Waals surface area contributed by atoms with Crippen LogP contribution in [0.25, 0.3) is 0 Å². The molecule has 2 unspecified atom stereocenters. The molecule has 80 valence electrons. The molecule has 0 spiro atoms. The van der Waals surface area contributed by atoms with E-state index in [4.69, 9.17) is 0 Å². The molecule has 4 heterocycles. The van der Waals surface area contributed by atoms with E-state index >= 15 is 0 Å². The van der Waals surface area contributed by atoms with Crippen molar-refractivity contribution in [3.63, 3.8) is 0 Å². The van der Waals surface area contributed by atoms with Gasteiger partial charge in [0.25, 0.3) is 10.2 Å². The van der Waals surface area contributed by atoms with Crippen molar-refractivity contribution in [2.24, 2.45) is 0 Å². The van der Waals surface area contributed by atoms with Crippen LogP contribution >= 0.6 is 0 Å². The number of hydrogen-bond donors (Lipinski definition) is 0. The summed E-state index contributed by atoms with van der Waals surface area (Å²) < 4.78 is 50.1. The number of rotatable bonds is 0. The van der Waals surface area contributed by atoms with Crippen molar-refractivity contribution in [3.05, 3.63) is 0 Å². The smallest absolute Gasteiger partial charge is 0.212 e. The van der Waals surface area contributed by atoms with Gasteiger partial charge >= 0.3 is 0 Å². The normalized spacial score (nSPS) is 52.0. The number of sulfonamides is 1. The SMILES string of the molecule is O=S1(=O)C2CN3CN1CN(C2)S3(=O)=O. The molecule has 4 fully saturated rings. The molecule has 0 radical (unpaired) electrons. The average Bonchev–Trinajstić information content (AvgIpc) is 1.98. The Morgan fingerprint density at radius 1 is 0.857 bits per heavy atom. The molecule has 7 nitrogen and oxygen atoms in total.